The highest BCUT2D eigenvalue weighted by Gasteiger charge is 2.10. The highest BCUT2D eigenvalue weighted by molar-refractivity contribution is 5.90. The molecule has 1 rings (SSSR count). The summed E-state index contributed by atoms with van der Waals surface area (Å²) in [6.45, 7) is 5.30. The molecule has 0 saturated heterocycles. The Labute approximate surface area is 71.9 Å². The van der Waals surface area contributed by atoms with Crippen molar-refractivity contribution in [3.8, 4) is 0 Å². The van der Waals surface area contributed by atoms with E-state index >= 15 is 0 Å². The molecule has 12 heavy (non-hydrogen) atoms. The van der Waals surface area contributed by atoms with Gasteiger partial charge in [0.15, 0.2) is 5.78 Å². The second-order valence-electron chi connectivity index (χ2n) is 2.79. The summed E-state index contributed by atoms with van der Waals surface area (Å²) in [5, 5.41) is 0. The van der Waals surface area contributed by atoms with Crippen LogP contribution in [0.3, 0.4) is 0 Å². The Balaban J connectivity index is 2.52. The van der Waals surface area contributed by atoms with E-state index < -0.39 is 0 Å². The minimum Gasteiger partial charge on any atom is -0.469 e. The van der Waals surface area contributed by atoms with Gasteiger partial charge in [0, 0.05) is 12.3 Å². The van der Waals surface area contributed by atoms with Gasteiger partial charge < -0.3 is 4.42 Å². The molecule has 0 bridgehead atoms. The maximum atomic E-state index is 11.1. The van der Waals surface area contributed by atoms with Crippen molar-refractivity contribution in [2.45, 2.75) is 13.3 Å². The summed E-state index contributed by atoms with van der Waals surface area (Å²) in [6.07, 6.45) is 3.62. The zero-order valence-electron chi connectivity index (χ0n) is 7.12. The van der Waals surface area contributed by atoms with Gasteiger partial charge in [0.25, 0.3) is 0 Å². The van der Waals surface area contributed by atoms with Crippen LogP contribution in [0.1, 0.15) is 12.7 Å². The molecule has 0 aliphatic rings. The molecule has 0 amide bonds. The fourth-order valence-corrected chi connectivity index (χ4v) is 1.03. The Morgan fingerprint density at radius 2 is 2.58 bits per heavy atom. The number of carbonyl (C=O) groups excluding carboxylic acids is 1. The predicted octanol–water partition coefficient (Wildman–Crippen LogP) is 2.21. The van der Waals surface area contributed by atoms with Crippen molar-refractivity contribution in [1.82, 2.24) is 0 Å². The molecule has 1 aromatic heterocycles. The van der Waals surface area contributed by atoms with Crippen LogP contribution in [0.4, 0.5) is 0 Å². The van der Waals surface area contributed by atoms with Gasteiger partial charge in [-0.1, -0.05) is 13.5 Å². The van der Waals surface area contributed by atoms with Crippen LogP contribution in [0.25, 0.3) is 0 Å². The minimum absolute atomic E-state index is 0.0337. The van der Waals surface area contributed by atoms with Crippen LogP contribution < -0.4 is 0 Å². The number of rotatable bonds is 4. The second-order valence-corrected chi connectivity index (χ2v) is 2.79. The molecule has 1 aromatic rings. The Bertz CT molecular complexity index is 259. The Morgan fingerprint density at radius 3 is 3.08 bits per heavy atom. The molecule has 0 aromatic carbocycles. The van der Waals surface area contributed by atoms with Crippen LogP contribution >= 0.6 is 0 Å². The molecule has 64 valence electrons. The lowest BCUT2D eigenvalue weighted by molar-refractivity contribution is -0.117. The summed E-state index contributed by atoms with van der Waals surface area (Å²) in [7, 11) is 0. The third kappa shape index (κ3) is 2.09. The van der Waals surface area contributed by atoms with Crippen LogP contribution in [0.2, 0.25) is 0 Å². The highest BCUT2D eigenvalue weighted by Crippen LogP contribution is 2.09. The van der Waals surface area contributed by atoms with Crippen LogP contribution in [-0.4, -0.2) is 5.78 Å². The van der Waals surface area contributed by atoms with E-state index in [0.717, 1.165) is 5.76 Å². The van der Waals surface area contributed by atoms with Crippen molar-refractivity contribution in [2.24, 2.45) is 5.92 Å². The van der Waals surface area contributed by atoms with E-state index in [1.54, 1.807) is 6.26 Å². The quantitative estimate of drug-likeness (QED) is 0.638. The van der Waals surface area contributed by atoms with Gasteiger partial charge in [-0.3, -0.25) is 4.79 Å². The molecular formula is C10H12O2. The van der Waals surface area contributed by atoms with E-state index in [0.29, 0.717) is 6.42 Å². The molecule has 2 heteroatoms. The first-order valence-electron chi connectivity index (χ1n) is 3.92. The number of hydrogen-bond acceptors (Lipinski definition) is 2. The molecule has 0 spiro atoms. The number of furan rings is 1. The number of hydrogen-bond donors (Lipinski definition) is 0. The van der Waals surface area contributed by atoms with Crippen LogP contribution in [-0.2, 0) is 11.2 Å². The van der Waals surface area contributed by atoms with Crippen LogP contribution in [0.5, 0.6) is 0 Å². The van der Waals surface area contributed by atoms with Crippen molar-refractivity contribution in [2.75, 3.05) is 0 Å². The molecular weight excluding hydrogens is 152 g/mol. The van der Waals surface area contributed by atoms with E-state index in [-0.39, 0.29) is 11.7 Å². The Hall–Kier alpha value is -1.31. The van der Waals surface area contributed by atoms with Gasteiger partial charge in [-0.15, -0.1) is 0 Å². The lowest BCUT2D eigenvalue weighted by Crippen LogP contribution is -2.09. The SMILES string of the molecule is C=CC(=O)C(C)Cc1ccco1. The first-order valence-corrected chi connectivity index (χ1v) is 3.92. The molecule has 2 nitrogen and oxygen atoms in total. The highest BCUT2D eigenvalue weighted by atomic mass is 16.3. The number of carbonyl (C=O) groups is 1. The number of ketones is 1. The molecule has 1 atom stereocenters. The molecule has 1 unspecified atom stereocenters. The fourth-order valence-electron chi connectivity index (χ4n) is 1.03. The van der Waals surface area contributed by atoms with Gasteiger partial charge in [0.05, 0.1) is 6.26 Å². The van der Waals surface area contributed by atoms with Gasteiger partial charge in [0.2, 0.25) is 0 Å². The molecule has 1 heterocycles. The van der Waals surface area contributed by atoms with Crippen molar-refractivity contribution >= 4 is 5.78 Å². The lowest BCUT2D eigenvalue weighted by atomic mass is 10.0. The maximum Gasteiger partial charge on any atom is 0.158 e. The first-order chi connectivity index (χ1) is 5.74. The topological polar surface area (TPSA) is 30.2 Å². The largest absolute Gasteiger partial charge is 0.469 e. The van der Waals surface area contributed by atoms with E-state index in [9.17, 15) is 4.79 Å². The summed E-state index contributed by atoms with van der Waals surface area (Å²) >= 11 is 0. The van der Waals surface area contributed by atoms with Gasteiger partial charge >= 0.3 is 0 Å². The van der Waals surface area contributed by atoms with Crippen LogP contribution in [0, 0.1) is 5.92 Å². The number of allylic oxidation sites excluding steroid dienone is 1. The van der Waals surface area contributed by atoms with Crippen LogP contribution in [0.15, 0.2) is 35.5 Å². The van der Waals surface area contributed by atoms with Gasteiger partial charge in [-0.25, -0.2) is 0 Å². The van der Waals surface area contributed by atoms with Crippen molar-refractivity contribution in [3.63, 3.8) is 0 Å². The summed E-state index contributed by atoms with van der Waals surface area (Å²) in [5.41, 5.74) is 0. The van der Waals surface area contributed by atoms with E-state index in [2.05, 4.69) is 6.58 Å². The molecule has 0 radical (unpaired) electrons. The summed E-state index contributed by atoms with van der Waals surface area (Å²) in [4.78, 5) is 11.1. The summed E-state index contributed by atoms with van der Waals surface area (Å²) < 4.78 is 5.11. The standard InChI is InChI=1S/C10H12O2/c1-3-10(11)8(2)7-9-5-4-6-12-9/h3-6,8H,1,7H2,2H3. The Morgan fingerprint density at radius 1 is 1.83 bits per heavy atom. The maximum absolute atomic E-state index is 11.1. The average molecular weight is 164 g/mol. The first kappa shape index (κ1) is 8.78. The van der Waals surface area contributed by atoms with E-state index in [4.69, 9.17) is 4.42 Å². The normalized spacial score (nSPS) is 12.4. The van der Waals surface area contributed by atoms with Gasteiger partial charge in [0.1, 0.15) is 5.76 Å². The third-order valence-electron chi connectivity index (χ3n) is 1.77. The van der Waals surface area contributed by atoms with E-state index in [1.807, 2.05) is 19.1 Å². The fraction of sp³-hybridized carbons (Fsp3) is 0.300. The average Bonchev–Trinajstić information content (AvgIpc) is 2.55. The summed E-state index contributed by atoms with van der Waals surface area (Å²) in [6, 6.07) is 3.69. The van der Waals surface area contributed by atoms with Crippen molar-refractivity contribution in [3.05, 3.63) is 36.8 Å². The predicted molar refractivity (Wildman–Crippen MR) is 46.8 cm³/mol. The van der Waals surface area contributed by atoms with Crippen molar-refractivity contribution in [1.29, 1.82) is 0 Å². The Kier molecular flexibility index (Phi) is 2.86. The van der Waals surface area contributed by atoms with Gasteiger partial charge in [-0.05, 0) is 18.2 Å². The molecule has 0 aliphatic heterocycles. The van der Waals surface area contributed by atoms with Gasteiger partial charge in [-0.2, -0.15) is 0 Å². The molecule has 0 aliphatic carbocycles. The van der Waals surface area contributed by atoms with E-state index in [1.165, 1.54) is 6.08 Å². The summed E-state index contributed by atoms with van der Waals surface area (Å²) in [5.74, 6) is 0.873. The zero-order valence-corrected chi connectivity index (χ0v) is 7.12. The molecule has 0 N–H and O–H groups in total. The molecule has 0 fully saturated rings. The second kappa shape index (κ2) is 3.90. The lowest BCUT2D eigenvalue weighted by Gasteiger charge is -2.03. The monoisotopic (exact) mass is 164 g/mol. The zero-order chi connectivity index (χ0) is 8.97. The minimum atomic E-state index is -0.0337. The third-order valence-corrected chi connectivity index (χ3v) is 1.77. The smallest absolute Gasteiger partial charge is 0.158 e. The molecule has 0 saturated carbocycles. The van der Waals surface area contributed by atoms with Crippen molar-refractivity contribution < 1.29 is 9.21 Å².